The average molecular weight is 345 g/mol. The van der Waals surface area contributed by atoms with Crippen LogP contribution < -0.4 is 15.5 Å². The van der Waals surface area contributed by atoms with Crippen LogP contribution in [-0.4, -0.2) is 36.7 Å². The number of hydrogen-bond donors (Lipinski definition) is 2. The lowest BCUT2D eigenvalue weighted by atomic mass is 10.0. The molecule has 1 aliphatic rings. The molecule has 2 aromatic rings. The van der Waals surface area contributed by atoms with Crippen molar-refractivity contribution in [1.82, 2.24) is 0 Å². The Balaban J connectivity index is 1.81. The van der Waals surface area contributed by atoms with Gasteiger partial charge in [0.1, 0.15) is 5.75 Å². The van der Waals surface area contributed by atoms with Crippen molar-refractivity contribution in [3.8, 4) is 5.75 Å². The Morgan fingerprint density at radius 1 is 1.38 bits per heavy atom. The molecule has 3 rings (SSSR count). The number of anilines is 2. The summed E-state index contributed by atoms with van der Waals surface area (Å²) in [4.78, 5) is 15.9. The van der Waals surface area contributed by atoms with Gasteiger partial charge in [0.15, 0.2) is 0 Å². The second-order valence-corrected chi connectivity index (χ2v) is 7.00. The first-order valence-electron chi connectivity index (χ1n) is 8.16. The Bertz CT molecular complexity index is 716. The van der Waals surface area contributed by atoms with Gasteiger partial charge in [0.05, 0.1) is 5.69 Å². The molecule has 1 fully saturated rings. The molecule has 0 spiro atoms. The number of phenolic OH excluding ortho intramolecular Hbond substituents is 1. The number of rotatable bonds is 5. The van der Waals surface area contributed by atoms with E-state index in [1.165, 1.54) is 11.3 Å². The molecule has 1 aromatic heterocycles. The Morgan fingerprint density at radius 2 is 2.21 bits per heavy atom. The van der Waals surface area contributed by atoms with Crippen molar-refractivity contribution in [3.63, 3.8) is 0 Å². The van der Waals surface area contributed by atoms with Crippen LogP contribution in [-0.2, 0) is 4.79 Å². The Labute approximate surface area is 146 Å². The number of phenols is 1. The van der Waals surface area contributed by atoms with Gasteiger partial charge in [-0.05, 0) is 36.4 Å². The van der Waals surface area contributed by atoms with Gasteiger partial charge in [0.25, 0.3) is 0 Å². The first-order chi connectivity index (χ1) is 11.5. The van der Waals surface area contributed by atoms with E-state index >= 15 is 0 Å². The molecule has 24 heavy (non-hydrogen) atoms. The average Bonchev–Trinajstić information content (AvgIpc) is 2.98. The number of nitrogens with zero attached hydrogens (tertiary/aromatic N) is 2. The summed E-state index contributed by atoms with van der Waals surface area (Å²) in [6.45, 7) is 4.74. The van der Waals surface area contributed by atoms with E-state index < -0.39 is 0 Å². The molecule has 1 aliphatic heterocycles. The zero-order valence-corrected chi connectivity index (χ0v) is 14.6. The molecule has 1 amide bonds. The first-order valence-corrected chi connectivity index (χ1v) is 9.10. The second kappa shape index (κ2) is 7.13. The molecule has 1 atom stereocenters. The highest BCUT2D eigenvalue weighted by Gasteiger charge is 2.28. The van der Waals surface area contributed by atoms with Crippen molar-refractivity contribution in [2.75, 3.05) is 29.4 Å². The highest BCUT2D eigenvalue weighted by atomic mass is 32.1. The lowest BCUT2D eigenvalue weighted by Gasteiger charge is -2.44. The van der Waals surface area contributed by atoms with E-state index in [9.17, 15) is 9.90 Å². The number of carbonyl (C=O) groups excluding carboxylic acids is 1. The molecule has 1 unspecified atom stereocenters. The number of aryl methyl sites for hydroxylation is 1. The number of hydrogen-bond acceptors (Lipinski definition) is 5. The van der Waals surface area contributed by atoms with E-state index in [0.29, 0.717) is 12.8 Å². The summed E-state index contributed by atoms with van der Waals surface area (Å²) in [5, 5.41) is 14.1. The minimum Gasteiger partial charge on any atom is -0.508 e. The smallest absolute Gasteiger partial charge is 0.217 e. The van der Waals surface area contributed by atoms with Gasteiger partial charge in [-0.25, -0.2) is 0 Å². The molecule has 0 radical (unpaired) electrons. The van der Waals surface area contributed by atoms with Crippen molar-refractivity contribution in [3.05, 3.63) is 40.6 Å². The lowest BCUT2D eigenvalue weighted by molar-refractivity contribution is -0.118. The number of piperazine rings is 1. The fraction of sp³-hybridized carbons (Fsp3) is 0.389. The highest BCUT2D eigenvalue weighted by Crippen LogP contribution is 2.30. The normalized spacial score (nSPS) is 18.0. The predicted molar refractivity (Wildman–Crippen MR) is 98.9 cm³/mol. The molecule has 3 N–H and O–H groups in total. The summed E-state index contributed by atoms with van der Waals surface area (Å²) in [6.07, 6.45) is 1.08. The summed E-state index contributed by atoms with van der Waals surface area (Å²) >= 11 is 1.72. The number of thiophene rings is 1. The molecule has 5 nitrogen and oxygen atoms in total. The number of benzene rings is 1. The minimum atomic E-state index is -0.269. The number of carbonyl (C=O) groups is 1. The number of nitrogens with two attached hydrogens (primary N) is 1. The van der Waals surface area contributed by atoms with Crippen LogP contribution >= 0.6 is 11.3 Å². The maximum atomic E-state index is 11.3. The maximum absolute atomic E-state index is 11.3. The maximum Gasteiger partial charge on any atom is 0.217 e. The fourth-order valence-electron chi connectivity index (χ4n) is 3.32. The number of aromatic hydroxyl groups is 1. The third-order valence-electron chi connectivity index (χ3n) is 4.54. The van der Waals surface area contributed by atoms with Crippen LogP contribution in [0, 0.1) is 6.92 Å². The van der Waals surface area contributed by atoms with Crippen LogP contribution in [0.15, 0.2) is 35.0 Å². The first kappa shape index (κ1) is 16.6. The van der Waals surface area contributed by atoms with Crippen LogP contribution in [0.4, 0.5) is 11.4 Å². The summed E-state index contributed by atoms with van der Waals surface area (Å²) in [5.74, 6) is -0.00745. The molecule has 6 heteroatoms. The molecular weight excluding hydrogens is 322 g/mol. The van der Waals surface area contributed by atoms with Crippen molar-refractivity contribution in [2.24, 2.45) is 5.73 Å². The van der Waals surface area contributed by atoms with E-state index in [1.54, 1.807) is 23.5 Å². The Kier molecular flexibility index (Phi) is 4.94. The Morgan fingerprint density at radius 3 is 2.88 bits per heavy atom. The summed E-state index contributed by atoms with van der Waals surface area (Å²) in [5.41, 5.74) is 8.92. The number of amides is 1. The third-order valence-corrected chi connectivity index (χ3v) is 5.39. The van der Waals surface area contributed by atoms with Gasteiger partial charge in [-0.3, -0.25) is 4.79 Å². The Hall–Kier alpha value is -2.21. The zero-order valence-electron chi connectivity index (χ0n) is 13.8. The SMILES string of the molecule is Cc1cscc1N1CCN(c2cccc(O)c2)C(CCC(N)=O)C1. The van der Waals surface area contributed by atoms with Gasteiger partial charge in [-0.1, -0.05) is 6.07 Å². The molecule has 2 heterocycles. The van der Waals surface area contributed by atoms with Gasteiger partial charge in [-0.2, -0.15) is 0 Å². The summed E-state index contributed by atoms with van der Waals surface area (Å²) in [6, 6.07) is 7.50. The van der Waals surface area contributed by atoms with E-state index in [1.807, 2.05) is 12.1 Å². The minimum absolute atomic E-state index is 0.187. The lowest BCUT2D eigenvalue weighted by Crippen LogP contribution is -2.53. The van der Waals surface area contributed by atoms with E-state index in [-0.39, 0.29) is 17.7 Å². The zero-order chi connectivity index (χ0) is 17.1. The highest BCUT2D eigenvalue weighted by molar-refractivity contribution is 7.08. The topological polar surface area (TPSA) is 69.8 Å². The largest absolute Gasteiger partial charge is 0.508 e. The van der Waals surface area contributed by atoms with Gasteiger partial charge in [-0.15, -0.1) is 11.3 Å². The van der Waals surface area contributed by atoms with Gasteiger partial charge < -0.3 is 20.6 Å². The van der Waals surface area contributed by atoms with Crippen LogP contribution in [0.1, 0.15) is 18.4 Å². The molecule has 1 aromatic carbocycles. The van der Waals surface area contributed by atoms with Crippen LogP contribution in [0.25, 0.3) is 0 Å². The van der Waals surface area contributed by atoms with Crippen molar-refractivity contribution >= 4 is 28.6 Å². The third kappa shape index (κ3) is 3.64. The predicted octanol–water partition coefficient (Wildman–Crippen LogP) is 2.72. The molecule has 0 bridgehead atoms. The van der Waals surface area contributed by atoms with E-state index in [4.69, 9.17) is 5.73 Å². The standard InChI is InChI=1S/C18H23N3O2S/c1-13-11-24-12-17(13)20-7-8-21(14-3-2-4-16(22)9-14)15(10-20)5-6-18(19)23/h2-4,9,11-12,15,22H,5-8,10H2,1H3,(H2,19,23). The van der Waals surface area contributed by atoms with Crippen molar-refractivity contribution in [1.29, 1.82) is 0 Å². The molecule has 1 saturated heterocycles. The van der Waals surface area contributed by atoms with Gasteiger partial charge in [0, 0.05) is 49.2 Å². The molecule has 128 valence electrons. The summed E-state index contributed by atoms with van der Waals surface area (Å²) in [7, 11) is 0. The quantitative estimate of drug-likeness (QED) is 0.874. The molecular formula is C18H23N3O2S. The van der Waals surface area contributed by atoms with Gasteiger partial charge >= 0.3 is 0 Å². The van der Waals surface area contributed by atoms with E-state index in [2.05, 4.69) is 27.5 Å². The van der Waals surface area contributed by atoms with Crippen LogP contribution in [0.3, 0.4) is 0 Å². The van der Waals surface area contributed by atoms with E-state index in [0.717, 1.165) is 25.3 Å². The van der Waals surface area contributed by atoms with Crippen molar-refractivity contribution in [2.45, 2.75) is 25.8 Å². The fourth-order valence-corrected chi connectivity index (χ4v) is 4.18. The second-order valence-electron chi connectivity index (χ2n) is 6.26. The molecule has 0 aliphatic carbocycles. The van der Waals surface area contributed by atoms with Crippen LogP contribution in [0.2, 0.25) is 0 Å². The van der Waals surface area contributed by atoms with Crippen LogP contribution in [0.5, 0.6) is 5.75 Å². The molecule has 0 saturated carbocycles. The van der Waals surface area contributed by atoms with Gasteiger partial charge in [0.2, 0.25) is 5.91 Å². The number of primary amides is 1. The summed E-state index contributed by atoms with van der Waals surface area (Å²) < 4.78 is 0. The monoisotopic (exact) mass is 345 g/mol. The van der Waals surface area contributed by atoms with Crippen molar-refractivity contribution < 1.29 is 9.90 Å².